The summed E-state index contributed by atoms with van der Waals surface area (Å²) in [6, 6.07) is 0. The fraction of sp³-hybridized carbons (Fsp3) is 0.500. The molecule has 0 atom stereocenters. The van der Waals surface area contributed by atoms with Crippen LogP contribution < -0.4 is 5.32 Å². The molecule has 5 heteroatoms. The summed E-state index contributed by atoms with van der Waals surface area (Å²) >= 11 is 0. The summed E-state index contributed by atoms with van der Waals surface area (Å²) in [7, 11) is 0. The average Bonchev–Trinajstić information content (AvgIpc) is 2.43. The Morgan fingerprint density at radius 3 is 2.92 bits per heavy atom. The quantitative estimate of drug-likeness (QED) is 0.721. The van der Waals surface area contributed by atoms with E-state index in [4.69, 9.17) is 5.11 Å². The minimum absolute atomic E-state index is 0.0732. The number of hydrogen-bond donors (Lipinski definition) is 2. The number of carboxylic acids is 1. The van der Waals surface area contributed by atoms with Crippen LogP contribution in [0, 0.1) is 6.92 Å². The molecule has 0 amide bonds. The number of carboxylic acid groups (broad SMARTS) is 1. The Morgan fingerprint density at radius 2 is 2.46 bits per heavy atom. The first-order valence-corrected chi connectivity index (χ1v) is 4.13. The van der Waals surface area contributed by atoms with Gasteiger partial charge in [-0.3, -0.25) is 9.48 Å². The van der Waals surface area contributed by atoms with E-state index in [1.807, 2.05) is 18.5 Å². The summed E-state index contributed by atoms with van der Waals surface area (Å²) in [5.74, 6) is -0.872. The number of rotatable bonds is 4. The summed E-state index contributed by atoms with van der Waals surface area (Å²) in [5, 5.41) is 15.3. The number of nitrogens with zero attached hydrogens (tertiary/aromatic N) is 2. The highest BCUT2D eigenvalue weighted by atomic mass is 16.4. The smallest absolute Gasteiger partial charge is 0.322 e. The maximum absolute atomic E-state index is 10.3. The molecule has 1 heterocycles. The molecular weight excluding hydrogens is 170 g/mol. The van der Waals surface area contributed by atoms with Crippen molar-refractivity contribution in [1.29, 1.82) is 0 Å². The van der Waals surface area contributed by atoms with E-state index < -0.39 is 5.97 Å². The van der Waals surface area contributed by atoms with Crippen molar-refractivity contribution in [3.05, 3.63) is 11.9 Å². The molecule has 2 N–H and O–H groups in total. The first kappa shape index (κ1) is 9.57. The standard InChI is InChI=1S/C8H13N3O2/c1-3-11-6(2)7(4-10-11)9-5-8(12)13/h4,9H,3,5H2,1-2H3,(H,12,13). The molecule has 0 spiro atoms. The van der Waals surface area contributed by atoms with Gasteiger partial charge in [-0.1, -0.05) is 0 Å². The Balaban J connectivity index is 2.67. The van der Waals surface area contributed by atoms with Crippen LogP contribution in [-0.4, -0.2) is 27.4 Å². The molecule has 1 aromatic heterocycles. The number of carbonyl (C=O) groups is 1. The number of aryl methyl sites for hydroxylation is 1. The second-order valence-electron chi connectivity index (χ2n) is 2.71. The summed E-state index contributed by atoms with van der Waals surface area (Å²) in [4.78, 5) is 10.3. The van der Waals surface area contributed by atoms with Gasteiger partial charge in [-0.15, -0.1) is 0 Å². The van der Waals surface area contributed by atoms with E-state index >= 15 is 0 Å². The summed E-state index contributed by atoms with van der Waals surface area (Å²) in [6.07, 6.45) is 1.64. The fourth-order valence-electron chi connectivity index (χ4n) is 1.11. The van der Waals surface area contributed by atoms with Gasteiger partial charge in [-0.25, -0.2) is 0 Å². The van der Waals surface area contributed by atoms with Gasteiger partial charge in [0.1, 0.15) is 6.54 Å². The normalized spacial score (nSPS) is 10.0. The topological polar surface area (TPSA) is 67.2 Å². The maximum Gasteiger partial charge on any atom is 0.322 e. The average molecular weight is 183 g/mol. The lowest BCUT2D eigenvalue weighted by atomic mass is 10.4. The zero-order chi connectivity index (χ0) is 9.84. The van der Waals surface area contributed by atoms with Gasteiger partial charge < -0.3 is 10.4 Å². The minimum atomic E-state index is -0.872. The molecule has 0 aromatic carbocycles. The van der Waals surface area contributed by atoms with Gasteiger partial charge in [0.15, 0.2) is 0 Å². The Bertz CT molecular complexity index is 306. The highest BCUT2D eigenvalue weighted by Gasteiger charge is 2.05. The second kappa shape index (κ2) is 3.93. The third-order valence-corrected chi connectivity index (χ3v) is 1.83. The van der Waals surface area contributed by atoms with E-state index in [-0.39, 0.29) is 6.54 Å². The molecule has 1 rings (SSSR count). The Hall–Kier alpha value is -1.52. The van der Waals surface area contributed by atoms with Gasteiger partial charge >= 0.3 is 5.97 Å². The third-order valence-electron chi connectivity index (χ3n) is 1.83. The van der Waals surface area contributed by atoms with Crippen molar-refractivity contribution in [3.8, 4) is 0 Å². The van der Waals surface area contributed by atoms with Gasteiger partial charge in [0.05, 0.1) is 17.6 Å². The van der Waals surface area contributed by atoms with Crippen molar-refractivity contribution >= 4 is 11.7 Å². The van der Waals surface area contributed by atoms with Gasteiger partial charge in [-0.05, 0) is 13.8 Å². The van der Waals surface area contributed by atoms with Crippen LogP contribution in [-0.2, 0) is 11.3 Å². The largest absolute Gasteiger partial charge is 0.480 e. The Kier molecular flexibility index (Phi) is 2.89. The van der Waals surface area contributed by atoms with Gasteiger partial charge in [0.25, 0.3) is 0 Å². The predicted octanol–water partition coefficient (Wildman–Crippen LogP) is 0.708. The lowest BCUT2D eigenvalue weighted by Crippen LogP contribution is -2.12. The van der Waals surface area contributed by atoms with E-state index in [0.717, 1.165) is 17.9 Å². The van der Waals surface area contributed by atoms with Crippen molar-refractivity contribution in [2.45, 2.75) is 20.4 Å². The molecule has 0 fully saturated rings. The van der Waals surface area contributed by atoms with Crippen LogP contribution in [0.25, 0.3) is 0 Å². The first-order valence-electron chi connectivity index (χ1n) is 4.13. The summed E-state index contributed by atoms with van der Waals surface area (Å²) in [5.41, 5.74) is 1.74. The van der Waals surface area contributed by atoms with Crippen molar-refractivity contribution in [1.82, 2.24) is 9.78 Å². The molecule has 5 nitrogen and oxygen atoms in total. The third kappa shape index (κ3) is 2.21. The molecule has 0 aliphatic rings. The van der Waals surface area contributed by atoms with Crippen molar-refractivity contribution in [2.75, 3.05) is 11.9 Å². The van der Waals surface area contributed by atoms with Crippen molar-refractivity contribution < 1.29 is 9.90 Å². The van der Waals surface area contributed by atoms with Crippen LogP contribution in [0.2, 0.25) is 0 Å². The predicted molar refractivity (Wildman–Crippen MR) is 48.8 cm³/mol. The molecule has 0 saturated heterocycles. The number of anilines is 1. The number of nitrogens with one attached hydrogen (secondary N) is 1. The highest BCUT2D eigenvalue weighted by molar-refractivity contribution is 5.72. The van der Waals surface area contributed by atoms with Crippen LogP contribution >= 0.6 is 0 Å². The van der Waals surface area contributed by atoms with Gasteiger partial charge in [0.2, 0.25) is 0 Å². The molecule has 0 aliphatic carbocycles. The van der Waals surface area contributed by atoms with Crippen LogP contribution in [0.1, 0.15) is 12.6 Å². The Labute approximate surface area is 76.4 Å². The first-order chi connectivity index (χ1) is 6.15. The lowest BCUT2D eigenvalue weighted by Gasteiger charge is -2.02. The molecule has 1 aromatic rings. The zero-order valence-corrected chi connectivity index (χ0v) is 7.74. The number of hydrogen-bond acceptors (Lipinski definition) is 3. The van der Waals surface area contributed by atoms with E-state index in [2.05, 4.69) is 10.4 Å². The highest BCUT2D eigenvalue weighted by Crippen LogP contribution is 2.12. The molecule has 0 radical (unpaired) electrons. The van der Waals surface area contributed by atoms with E-state index in [0.29, 0.717) is 0 Å². The summed E-state index contributed by atoms with van der Waals surface area (Å²) < 4.78 is 1.81. The van der Waals surface area contributed by atoms with Crippen LogP contribution in [0.15, 0.2) is 6.20 Å². The van der Waals surface area contributed by atoms with Gasteiger partial charge in [0, 0.05) is 6.54 Å². The molecule has 13 heavy (non-hydrogen) atoms. The minimum Gasteiger partial charge on any atom is -0.480 e. The maximum atomic E-state index is 10.3. The SMILES string of the molecule is CCn1ncc(NCC(=O)O)c1C. The van der Waals surface area contributed by atoms with Crippen LogP contribution in [0.5, 0.6) is 0 Å². The molecule has 0 bridgehead atoms. The van der Waals surface area contributed by atoms with Crippen LogP contribution in [0.3, 0.4) is 0 Å². The zero-order valence-electron chi connectivity index (χ0n) is 7.74. The monoisotopic (exact) mass is 183 g/mol. The van der Waals surface area contributed by atoms with Gasteiger partial charge in [-0.2, -0.15) is 5.10 Å². The molecule has 72 valence electrons. The van der Waals surface area contributed by atoms with E-state index in [1.165, 1.54) is 0 Å². The second-order valence-corrected chi connectivity index (χ2v) is 2.71. The lowest BCUT2D eigenvalue weighted by molar-refractivity contribution is -0.134. The molecule has 0 aliphatic heterocycles. The number of aliphatic carboxylic acids is 1. The van der Waals surface area contributed by atoms with Crippen molar-refractivity contribution in [2.24, 2.45) is 0 Å². The fourth-order valence-corrected chi connectivity index (χ4v) is 1.11. The van der Waals surface area contributed by atoms with Crippen molar-refractivity contribution in [3.63, 3.8) is 0 Å². The molecule has 0 unspecified atom stereocenters. The van der Waals surface area contributed by atoms with E-state index in [1.54, 1.807) is 6.20 Å². The van der Waals surface area contributed by atoms with E-state index in [9.17, 15) is 4.79 Å². The molecule has 0 saturated carbocycles. The summed E-state index contributed by atoms with van der Waals surface area (Å²) in [6.45, 7) is 4.61. The van der Waals surface area contributed by atoms with Crippen LogP contribution in [0.4, 0.5) is 5.69 Å². The number of aromatic nitrogens is 2. The Morgan fingerprint density at radius 1 is 1.77 bits per heavy atom. The molecular formula is C8H13N3O2.